The SMILES string of the molecule is COc1ccc(CNC(=O)[C@@H](c2ccccc2)c2ccc(Cl)cc2)cc1. The van der Waals surface area contributed by atoms with Crippen molar-refractivity contribution in [2.75, 3.05) is 7.11 Å². The summed E-state index contributed by atoms with van der Waals surface area (Å²) in [6, 6.07) is 24.8. The number of halogens is 1. The van der Waals surface area contributed by atoms with Crippen molar-refractivity contribution < 1.29 is 9.53 Å². The number of rotatable bonds is 6. The minimum Gasteiger partial charge on any atom is -0.497 e. The lowest BCUT2D eigenvalue weighted by Crippen LogP contribution is -2.29. The number of carbonyl (C=O) groups is 1. The summed E-state index contributed by atoms with van der Waals surface area (Å²) in [6.45, 7) is 0.458. The molecule has 3 rings (SSSR count). The Hall–Kier alpha value is -2.78. The van der Waals surface area contributed by atoms with E-state index in [1.165, 1.54) is 0 Å². The van der Waals surface area contributed by atoms with E-state index in [2.05, 4.69) is 5.32 Å². The van der Waals surface area contributed by atoms with E-state index in [0.29, 0.717) is 11.6 Å². The van der Waals surface area contributed by atoms with E-state index in [0.717, 1.165) is 22.4 Å². The van der Waals surface area contributed by atoms with Crippen LogP contribution in [-0.2, 0) is 11.3 Å². The van der Waals surface area contributed by atoms with Gasteiger partial charge in [0, 0.05) is 11.6 Å². The molecule has 26 heavy (non-hydrogen) atoms. The fourth-order valence-electron chi connectivity index (χ4n) is 2.83. The fourth-order valence-corrected chi connectivity index (χ4v) is 2.96. The van der Waals surface area contributed by atoms with Gasteiger partial charge < -0.3 is 10.1 Å². The van der Waals surface area contributed by atoms with E-state index >= 15 is 0 Å². The summed E-state index contributed by atoms with van der Waals surface area (Å²) in [5, 5.41) is 3.69. The first-order chi connectivity index (χ1) is 12.7. The topological polar surface area (TPSA) is 38.3 Å². The second-order valence-corrected chi connectivity index (χ2v) is 6.40. The van der Waals surface area contributed by atoms with E-state index in [-0.39, 0.29) is 11.8 Å². The fraction of sp³-hybridized carbons (Fsp3) is 0.136. The molecule has 3 aromatic carbocycles. The molecule has 0 saturated carbocycles. The molecule has 0 radical (unpaired) electrons. The lowest BCUT2D eigenvalue weighted by atomic mass is 9.90. The number of nitrogens with one attached hydrogen (secondary N) is 1. The van der Waals surface area contributed by atoms with Crippen LogP contribution in [0.25, 0.3) is 0 Å². The van der Waals surface area contributed by atoms with Crippen LogP contribution < -0.4 is 10.1 Å². The van der Waals surface area contributed by atoms with Gasteiger partial charge in [0.1, 0.15) is 5.75 Å². The molecule has 0 bridgehead atoms. The first-order valence-corrected chi connectivity index (χ1v) is 8.76. The molecule has 0 unspecified atom stereocenters. The predicted octanol–water partition coefficient (Wildman–Crippen LogP) is 4.80. The molecule has 0 saturated heterocycles. The maximum Gasteiger partial charge on any atom is 0.232 e. The van der Waals surface area contributed by atoms with Crippen molar-refractivity contribution in [2.45, 2.75) is 12.5 Å². The number of methoxy groups -OCH3 is 1. The Morgan fingerprint density at radius 2 is 1.54 bits per heavy atom. The first-order valence-electron chi connectivity index (χ1n) is 8.38. The average molecular weight is 366 g/mol. The third-order valence-corrected chi connectivity index (χ3v) is 4.48. The lowest BCUT2D eigenvalue weighted by molar-refractivity contribution is -0.121. The van der Waals surface area contributed by atoms with Gasteiger partial charge in [-0.2, -0.15) is 0 Å². The summed E-state index contributed by atoms with van der Waals surface area (Å²) < 4.78 is 5.16. The van der Waals surface area contributed by atoms with Gasteiger partial charge in [0.25, 0.3) is 0 Å². The Bertz CT molecular complexity index is 846. The van der Waals surface area contributed by atoms with Crippen LogP contribution in [0.5, 0.6) is 5.75 Å². The molecule has 0 fully saturated rings. The summed E-state index contributed by atoms with van der Waals surface area (Å²) >= 11 is 6.00. The standard InChI is InChI=1S/C22H20ClNO2/c1-26-20-13-7-16(8-14-20)15-24-22(25)21(17-5-3-2-4-6-17)18-9-11-19(23)12-10-18/h2-14,21H,15H2,1H3,(H,24,25)/t21-/m0/s1. The van der Waals surface area contributed by atoms with E-state index in [9.17, 15) is 4.79 Å². The quantitative estimate of drug-likeness (QED) is 0.681. The molecular formula is C22H20ClNO2. The third-order valence-electron chi connectivity index (χ3n) is 4.22. The molecule has 0 spiro atoms. The van der Waals surface area contributed by atoms with E-state index in [1.807, 2.05) is 78.9 Å². The summed E-state index contributed by atoms with van der Waals surface area (Å²) in [6.07, 6.45) is 0. The Labute approximate surface area is 158 Å². The molecule has 1 amide bonds. The Morgan fingerprint density at radius 3 is 2.15 bits per heavy atom. The van der Waals surface area contributed by atoms with Gasteiger partial charge in [0.2, 0.25) is 5.91 Å². The number of amides is 1. The maximum atomic E-state index is 13.0. The van der Waals surface area contributed by atoms with Crippen LogP contribution in [0, 0.1) is 0 Å². The molecule has 0 heterocycles. The number of hydrogen-bond donors (Lipinski definition) is 1. The van der Waals surface area contributed by atoms with Crippen LogP contribution in [0.1, 0.15) is 22.6 Å². The van der Waals surface area contributed by atoms with Crippen LogP contribution in [0.2, 0.25) is 5.02 Å². The van der Waals surface area contributed by atoms with Gasteiger partial charge in [-0.05, 0) is 41.0 Å². The largest absolute Gasteiger partial charge is 0.497 e. The van der Waals surface area contributed by atoms with Crippen molar-refractivity contribution in [1.82, 2.24) is 5.32 Å². The molecule has 0 aliphatic heterocycles. The Morgan fingerprint density at radius 1 is 0.923 bits per heavy atom. The van der Waals surface area contributed by atoms with Crippen LogP contribution in [0.3, 0.4) is 0 Å². The average Bonchev–Trinajstić information content (AvgIpc) is 2.69. The predicted molar refractivity (Wildman–Crippen MR) is 105 cm³/mol. The zero-order chi connectivity index (χ0) is 18.4. The van der Waals surface area contributed by atoms with Gasteiger partial charge in [-0.1, -0.05) is 66.2 Å². The van der Waals surface area contributed by atoms with E-state index < -0.39 is 0 Å². The molecule has 0 aliphatic rings. The molecule has 0 aromatic heterocycles. The normalized spacial score (nSPS) is 11.6. The molecule has 1 N–H and O–H groups in total. The Balaban J connectivity index is 1.79. The number of benzene rings is 3. The highest BCUT2D eigenvalue weighted by atomic mass is 35.5. The molecule has 1 atom stereocenters. The zero-order valence-corrected chi connectivity index (χ0v) is 15.2. The smallest absolute Gasteiger partial charge is 0.232 e. The van der Waals surface area contributed by atoms with E-state index in [4.69, 9.17) is 16.3 Å². The van der Waals surface area contributed by atoms with Gasteiger partial charge in [0.15, 0.2) is 0 Å². The van der Waals surface area contributed by atoms with Gasteiger partial charge in [-0.25, -0.2) is 0 Å². The van der Waals surface area contributed by atoms with Gasteiger partial charge >= 0.3 is 0 Å². The summed E-state index contributed by atoms with van der Waals surface area (Å²) in [7, 11) is 1.63. The van der Waals surface area contributed by atoms with Gasteiger partial charge in [-0.3, -0.25) is 4.79 Å². The lowest BCUT2D eigenvalue weighted by Gasteiger charge is -2.18. The molecule has 132 valence electrons. The highest BCUT2D eigenvalue weighted by molar-refractivity contribution is 6.30. The van der Waals surface area contributed by atoms with Crippen LogP contribution >= 0.6 is 11.6 Å². The minimum atomic E-state index is -0.383. The van der Waals surface area contributed by atoms with Crippen molar-refractivity contribution in [3.05, 3.63) is 101 Å². The molecule has 3 nitrogen and oxygen atoms in total. The summed E-state index contributed by atoms with van der Waals surface area (Å²) in [5.74, 6) is 0.365. The number of carbonyl (C=O) groups excluding carboxylic acids is 1. The molecular weight excluding hydrogens is 346 g/mol. The highest BCUT2D eigenvalue weighted by Gasteiger charge is 2.22. The van der Waals surface area contributed by atoms with Gasteiger partial charge in [-0.15, -0.1) is 0 Å². The monoisotopic (exact) mass is 365 g/mol. The van der Waals surface area contributed by atoms with Crippen molar-refractivity contribution >= 4 is 17.5 Å². The number of hydrogen-bond acceptors (Lipinski definition) is 2. The molecule has 4 heteroatoms. The van der Waals surface area contributed by atoms with Gasteiger partial charge in [0.05, 0.1) is 13.0 Å². The summed E-state index contributed by atoms with van der Waals surface area (Å²) in [4.78, 5) is 13.0. The third kappa shape index (κ3) is 4.44. The molecule has 0 aliphatic carbocycles. The Kier molecular flexibility index (Phi) is 5.92. The first kappa shape index (κ1) is 18.0. The minimum absolute atomic E-state index is 0.0469. The molecule has 3 aromatic rings. The maximum absolute atomic E-state index is 13.0. The van der Waals surface area contributed by atoms with Crippen LogP contribution in [-0.4, -0.2) is 13.0 Å². The van der Waals surface area contributed by atoms with Crippen LogP contribution in [0.15, 0.2) is 78.9 Å². The van der Waals surface area contributed by atoms with Crippen molar-refractivity contribution in [1.29, 1.82) is 0 Å². The second kappa shape index (κ2) is 8.54. The second-order valence-electron chi connectivity index (χ2n) is 5.96. The van der Waals surface area contributed by atoms with Crippen molar-refractivity contribution in [2.24, 2.45) is 0 Å². The van der Waals surface area contributed by atoms with Crippen molar-refractivity contribution in [3.8, 4) is 5.75 Å². The summed E-state index contributed by atoms with van der Waals surface area (Å²) in [5.41, 5.74) is 2.87. The zero-order valence-electron chi connectivity index (χ0n) is 14.5. The van der Waals surface area contributed by atoms with Crippen LogP contribution in [0.4, 0.5) is 0 Å². The highest BCUT2D eigenvalue weighted by Crippen LogP contribution is 2.26. The number of ether oxygens (including phenoxy) is 1. The van der Waals surface area contributed by atoms with Crippen molar-refractivity contribution in [3.63, 3.8) is 0 Å². The van der Waals surface area contributed by atoms with E-state index in [1.54, 1.807) is 7.11 Å².